The molecule has 3 atom stereocenters. The normalized spacial score (nSPS) is 32.6. The number of aliphatic hydroxyl groups excluding tert-OH is 1. The van der Waals surface area contributed by atoms with E-state index in [2.05, 4.69) is 0 Å². The maximum atomic E-state index is 9.97. The van der Waals surface area contributed by atoms with Crippen LogP contribution in [0.3, 0.4) is 0 Å². The van der Waals surface area contributed by atoms with Crippen LogP contribution in [-0.4, -0.2) is 11.2 Å². The van der Waals surface area contributed by atoms with Crippen LogP contribution in [0.25, 0.3) is 0 Å². The molecule has 1 aromatic rings. The number of hydrogen-bond acceptors (Lipinski definition) is 3. The first-order chi connectivity index (χ1) is 7.65. The van der Waals surface area contributed by atoms with E-state index in [1.165, 1.54) is 0 Å². The van der Waals surface area contributed by atoms with Crippen molar-refractivity contribution in [1.29, 1.82) is 0 Å². The molecule has 2 bridgehead atoms. The second-order valence-electron chi connectivity index (χ2n) is 4.47. The van der Waals surface area contributed by atoms with Crippen molar-refractivity contribution in [2.45, 2.75) is 31.7 Å². The fourth-order valence-corrected chi connectivity index (χ4v) is 2.58. The molecule has 2 aliphatic heterocycles. The summed E-state index contributed by atoms with van der Waals surface area (Å²) in [5.74, 6) is 0. The predicted octanol–water partition coefficient (Wildman–Crippen LogP) is 2.14. The van der Waals surface area contributed by atoms with E-state index in [9.17, 15) is 5.11 Å². The number of aliphatic hydroxyl groups is 1. The average Bonchev–Trinajstić information content (AvgIpc) is 2.30. The van der Waals surface area contributed by atoms with Crippen LogP contribution >= 0.6 is 0 Å². The molecule has 0 radical (unpaired) electrons. The SMILES string of the molecule is Cc1cccc2c1[C@]1([C@@H](C)O)C=C[C@H]2OO1. The van der Waals surface area contributed by atoms with E-state index in [1.54, 1.807) is 6.92 Å². The van der Waals surface area contributed by atoms with Crippen LogP contribution in [0.5, 0.6) is 0 Å². The second kappa shape index (κ2) is 3.17. The molecule has 3 nitrogen and oxygen atoms in total. The van der Waals surface area contributed by atoms with Crippen molar-refractivity contribution in [2.24, 2.45) is 0 Å². The Labute approximate surface area is 94.2 Å². The van der Waals surface area contributed by atoms with Crippen molar-refractivity contribution in [2.75, 3.05) is 0 Å². The van der Waals surface area contributed by atoms with Gasteiger partial charge in [-0.1, -0.05) is 18.2 Å². The van der Waals surface area contributed by atoms with Crippen LogP contribution in [0.15, 0.2) is 30.4 Å². The highest BCUT2D eigenvalue weighted by Gasteiger charge is 2.48. The van der Waals surface area contributed by atoms with Gasteiger partial charge in [-0.05, 0) is 37.1 Å². The Kier molecular flexibility index (Phi) is 1.98. The van der Waals surface area contributed by atoms with Crippen LogP contribution < -0.4 is 0 Å². The smallest absolute Gasteiger partial charge is 0.173 e. The predicted molar refractivity (Wildman–Crippen MR) is 58.6 cm³/mol. The first kappa shape index (κ1) is 10.0. The molecule has 0 unspecified atom stereocenters. The van der Waals surface area contributed by atoms with Crippen LogP contribution in [0.2, 0.25) is 0 Å². The molecule has 84 valence electrons. The summed E-state index contributed by atoms with van der Waals surface area (Å²) in [6, 6.07) is 6.05. The molecule has 1 aromatic carbocycles. The van der Waals surface area contributed by atoms with Gasteiger partial charge in [0.2, 0.25) is 0 Å². The van der Waals surface area contributed by atoms with Gasteiger partial charge in [-0.2, -0.15) is 0 Å². The Morgan fingerprint density at radius 2 is 2.25 bits per heavy atom. The highest BCUT2D eigenvalue weighted by molar-refractivity contribution is 5.49. The zero-order valence-electron chi connectivity index (χ0n) is 9.31. The maximum absolute atomic E-state index is 9.97. The zero-order chi connectivity index (χ0) is 11.3. The lowest BCUT2D eigenvalue weighted by molar-refractivity contribution is -0.404. The maximum Gasteiger partial charge on any atom is 0.173 e. The highest BCUT2D eigenvalue weighted by atomic mass is 17.2. The van der Waals surface area contributed by atoms with E-state index in [0.29, 0.717) is 0 Å². The number of rotatable bonds is 1. The minimum atomic E-state index is -0.838. The summed E-state index contributed by atoms with van der Waals surface area (Å²) in [5, 5.41) is 9.97. The topological polar surface area (TPSA) is 38.7 Å². The monoisotopic (exact) mass is 218 g/mol. The van der Waals surface area contributed by atoms with Gasteiger partial charge in [-0.25, -0.2) is 9.78 Å². The molecule has 0 saturated heterocycles. The van der Waals surface area contributed by atoms with E-state index in [-0.39, 0.29) is 6.10 Å². The summed E-state index contributed by atoms with van der Waals surface area (Å²) < 4.78 is 0. The summed E-state index contributed by atoms with van der Waals surface area (Å²) in [4.78, 5) is 10.7. The minimum Gasteiger partial charge on any atom is -0.390 e. The van der Waals surface area contributed by atoms with Crippen molar-refractivity contribution in [3.8, 4) is 0 Å². The lowest BCUT2D eigenvalue weighted by Crippen LogP contribution is -2.46. The van der Waals surface area contributed by atoms with E-state index in [0.717, 1.165) is 16.7 Å². The first-order valence-corrected chi connectivity index (χ1v) is 5.47. The van der Waals surface area contributed by atoms with Crippen molar-refractivity contribution in [3.63, 3.8) is 0 Å². The molecule has 3 heteroatoms. The van der Waals surface area contributed by atoms with Gasteiger partial charge in [0.1, 0.15) is 6.10 Å². The van der Waals surface area contributed by atoms with Crippen molar-refractivity contribution < 1.29 is 14.9 Å². The fourth-order valence-electron chi connectivity index (χ4n) is 2.58. The quantitative estimate of drug-likeness (QED) is 0.579. The van der Waals surface area contributed by atoms with Gasteiger partial charge < -0.3 is 5.11 Å². The second-order valence-corrected chi connectivity index (χ2v) is 4.47. The summed E-state index contributed by atoms with van der Waals surface area (Å²) in [6.45, 7) is 3.75. The lowest BCUT2D eigenvalue weighted by Gasteiger charge is -2.44. The first-order valence-electron chi connectivity index (χ1n) is 5.47. The standard InChI is InChI=1S/C13H14O3/c1-8-4-3-5-10-11-6-7-13(9(2)14,12(8)10)16-15-11/h3-7,9,11,14H,1-2H3/t9-,11-,13-/m1/s1. The van der Waals surface area contributed by atoms with Crippen molar-refractivity contribution in [1.82, 2.24) is 0 Å². The third-order valence-electron chi connectivity index (χ3n) is 3.43. The van der Waals surface area contributed by atoms with E-state index >= 15 is 0 Å². The Morgan fingerprint density at radius 1 is 1.44 bits per heavy atom. The summed E-state index contributed by atoms with van der Waals surface area (Å²) in [6.07, 6.45) is 3.06. The molecule has 4 rings (SSSR count). The molecule has 3 aliphatic rings. The largest absolute Gasteiger partial charge is 0.390 e. The van der Waals surface area contributed by atoms with E-state index < -0.39 is 11.7 Å². The average molecular weight is 218 g/mol. The third kappa shape index (κ3) is 1.08. The van der Waals surface area contributed by atoms with Crippen LogP contribution in [0.4, 0.5) is 0 Å². The Bertz CT molecular complexity index is 464. The zero-order valence-corrected chi connectivity index (χ0v) is 9.31. The molecule has 2 heterocycles. The lowest BCUT2D eigenvalue weighted by atomic mass is 9.77. The highest BCUT2D eigenvalue weighted by Crippen LogP contribution is 2.48. The van der Waals surface area contributed by atoms with Crippen LogP contribution in [0, 0.1) is 6.92 Å². The van der Waals surface area contributed by atoms with Crippen molar-refractivity contribution >= 4 is 0 Å². The van der Waals surface area contributed by atoms with Gasteiger partial charge in [0.25, 0.3) is 0 Å². The van der Waals surface area contributed by atoms with Gasteiger partial charge in [0.05, 0.1) is 6.10 Å². The summed E-state index contributed by atoms with van der Waals surface area (Å²) in [5.41, 5.74) is 2.42. The number of hydrogen-bond donors (Lipinski definition) is 1. The molecule has 0 saturated carbocycles. The van der Waals surface area contributed by atoms with Gasteiger partial charge >= 0.3 is 0 Å². The Hall–Kier alpha value is -1.16. The minimum absolute atomic E-state index is 0.143. The van der Waals surface area contributed by atoms with Crippen molar-refractivity contribution in [3.05, 3.63) is 47.0 Å². The van der Waals surface area contributed by atoms with E-state index in [4.69, 9.17) is 9.78 Å². The van der Waals surface area contributed by atoms with Crippen LogP contribution in [-0.2, 0) is 15.4 Å². The molecule has 0 amide bonds. The fraction of sp³-hybridized carbons (Fsp3) is 0.385. The summed E-state index contributed by atoms with van der Waals surface area (Å²) >= 11 is 0. The molecule has 0 aromatic heterocycles. The van der Waals surface area contributed by atoms with Gasteiger partial charge in [-0.3, -0.25) is 0 Å². The van der Waals surface area contributed by atoms with E-state index in [1.807, 2.05) is 37.3 Å². The molecular formula is C13H14O3. The third-order valence-corrected chi connectivity index (χ3v) is 3.43. The Morgan fingerprint density at radius 3 is 2.88 bits per heavy atom. The number of aryl methyl sites for hydroxylation is 1. The molecular weight excluding hydrogens is 204 g/mol. The van der Waals surface area contributed by atoms with Crippen LogP contribution in [0.1, 0.15) is 29.7 Å². The van der Waals surface area contributed by atoms with Gasteiger partial charge in [-0.15, -0.1) is 0 Å². The number of benzene rings is 1. The summed E-state index contributed by atoms with van der Waals surface area (Å²) in [7, 11) is 0. The molecule has 0 fully saturated rings. The number of fused-ring (bicyclic) bond motifs is 1. The molecule has 16 heavy (non-hydrogen) atoms. The molecule has 1 N–H and O–H groups in total. The molecule has 1 aliphatic carbocycles. The van der Waals surface area contributed by atoms with Gasteiger partial charge in [0.15, 0.2) is 5.60 Å². The Balaban J connectivity index is 2.30. The van der Waals surface area contributed by atoms with Gasteiger partial charge in [0, 0.05) is 5.56 Å². The molecule has 0 spiro atoms.